The van der Waals surface area contributed by atoms with Crippen molar-refractivity contribution in [2.75, 3.05) is 19.7 Å². The Balaban J connectivity index is 1.28. The van der Waals surface area contributed by atoms with Crippen LogP contribution >= 0.6 is 0 Å². The van der Waals surface area contributed by atoms with Crippen LogP contribution < -0.4 is 17.0 Å². The molecule has 2 saturated heterocycles. The number of phenolic OH excluding ortho intramolecular Hbond substituents is 1. The van der Waals surface area contributed by atoms with Crippen LogP contribution in [0.4, 0.5) is 0 Å². The summed E-state index contributed by atoms with van der Waals surface area (Å²) >= 11 is 0. The van der Waals surface area contributed by atoms with Gasteiger partial charge in [-0.3, -0.25) is 18.7 Å². The van der Waals surface area contributed by atoms with Crippen molar-refractivity contribution in [2.45, 2.75) is 55.9 Å². The molecule has 2 fully saturated rings. The number of rotatable bonds is 4. The Morgan fingerprint density at radius 2 is 1.84 bits per heavy atom. The van der Waals surface area contributed by atoms with E-state index in [0.29, 0.717) is 38.8 Å². The molecule has 204 valence electrons. The van der Waals surface area contributed by atoms with Gasteiger partial charge in [0.2, 0.25) is 5.91 Å². The number of carbonyl (C=O) groups is 1. The standard InChI is InChI=1S/C26H34N6O6/c1-25(37)14-26(8-10-31(11-9-26)22(34)18(27)12-16-4-6-17(33)7-5-16)38-13-19(25)32-15-28-21-20(32)23(35)30(3)24(36)29(21)2/h4-7,15,18-19,33,37H,8-14,27H2,1-3H3/t18-,19+,25+/m0/s1. The molecule has 2 aliphatic heterocycles. The molecule has 2 aromatic heterocycles. The summed E-state index contributed by atoms with van der Waals surface area (Å²) in [6, 6.07) is 5.37. The number of aliphatic hydroxyl groups is 1. The predicted molar refractivity (Wildman–Crippen MR) is 139 cm³/mol. The lowest BCUT2D eigenvalue weighted by Crippen LogP contribution is -2.59. The molecular formula is C26H34N6O6. The third kappa shape index (κ3) is 4.42. The fourth-order valence-corrected chi connectivity index (χ4v) is 5.90. The zero-order chi connectivity index (χ0) is 27.4. The molecule has 2 aliphatic rings. The minimum atomic E-state index is -1.23. The molecule has 0 aliphatic carbocycles. The molecule has 0 unspecified atom stereocenters. The van der Waals surface area contributed by atoms with Gasteiger partial charge in [0.25, 0.3) is 5.56 Å². The Morgan fingerprint density at radius 1 is 1.18 bits per heavy atom. The van der Waals surface area contributed by atoms with E-state index in [1.165, 1.54) is 17.9 Å². The van der Waals surface area contributed by atoms with Crippen LogP contribution in [-0.4, -0.2) is 76.6 Å². The van der Waals surface area contributed by atoms with E-state index < -0.39 is 34.5 Å². The van der Waals surface area contributed by atoms with Crippen LogP contribution in [0, 0.1) is 0 Å². The summed E-state index contributed by atoms with van der Waals surface area (Å²) in [5.41, 5.74) is 4.79. The van der Waals surface area contributed by atoms with E-state index in [-0.39, 0.29) is 29.4 Å². The van der Waals surface area contributed by atoms with Crippen LogP contribution in [0.5, 0.6) is 5.75 Å². The van der Waals surface area contributed by atoms with Crippen molar-refractivity contribution in [1.29, 1.82) is 0 Å². The third-order valence-electron chi connectivity index (χ3n) is 8.15. The highest BCUT2D eigenvalue weighted by Gasteiger charge is 2.50. The largest absolute Gasteiger partial charge is 0.508 e. The molecule has 4 heterocycles. The summed E-state index contributed by atoms with van der Waals surface area (Å²) in [4.78, 5) is 44.3. The first-order chi connectivity index (χ1) is 17.9. The van der Waals surface area contributed by atoms with Gasteiger partial charge in [0, 0.05) is 33.6 Å². The van der Waals surface area contributed by atoms with Gasteiger partial charge in [-0.2, -0.15) is 0 Å². The fraction of sp³-hybridized carbons (Fsp3) is 0.538. The Kier molecular flexibility index (Phi) is 6.44. The van der Waals surface area contributed by atoms with Gasteiger partial charge >= 0.3 is 5.69 Å². The predicted octanol–water partition coefficient (Wildman–Crippen LogP) is -0.217. The first kappa shape index (κ1) is 26.1. The van der Waals surface area contributed by atoms with E-state index in [9.17, 15) is 24.6 Å². The Hall–Kier alpha value is -3.48. The molecule has 3 aromatic rings. The number of imidazole rings is 1. The third-order valence-corrected chi connectivity index (χ3v) is 8.15. The van der Waals surface area contributed by atoms with E-state index in [0.717, 1.165) is 10.1 Å². The molecule has 1 amide bonds. The number of fused-ring (bicyclic) bond motifs is 1. The SMILES string of the molecule is Cn1c(=O)c2c(ncn2[C@@H]2COC3(CCN(C(=O)[C@@H](N)Cc4ccc(O)cc4)CC3)C[C@@]2(C)O)n(C)c1=O. The molecule has 0 saturated carbocycles. The van der Waals surface area contributed by atoms with Crippen LogP contribution in [-0.2, 0) is 30.0 Å². The number of likely N-dealkylation sites (tertiary alicyclic amines) is 1. The maximum atomic E-state index is 13.0. The zero-order valence-corrected chi connectivity index (χ0v) is 21.8. The van der Waals surface area contributed by atoms with Gasteiger partial charge in [0.1, 0.15) is 5.75 Å². The van der Waals surface area contributed by atoms with Crippen molar-refractivity contribution >= 4 is 17.1 Å². The second-order valence-corrected chi connectivity index (χ2v) is 10.9. The molecule has 12 nitrogen and oxygen atoms in total. The Morgan fingerprint density at radius 3 is 2.47 bits per heavy atom. The van der Waals surface area contributed by atoms with E-state index in [4.69, 9.17) is 10.5 Å². The summed E-state index contributed by atoms with van der Waals surface area (Å²) < 4.78 is 10.3. The van der Waals surface area contributed by atoms with Gasteiger partial charge < -0.3 is 30.2 Å². The molecule has 38 heavy (non-hydrogen) atoms. The lowest BCUT2D eigenvalue weighted by atomic mass is 9.75. The molecule has 4 N–H and O–H groups in total. The second kappa shape index (κ2) is 9.37. The summed E-state index contributed by atoms with van der Waals surface area (Å²) in [5.74, 6) is 0.0228. The maximum absolute atomic E-state index is 13.0. The van der Waals surface area contributed by atoms with E-state index >= 15 is 0 Å². The molecule has 3 atom stereocenters. The van der Waals surface area contributed by atoms with Crippen LogP contribution in [0.2, 0.25) is 0 Å². The van der Waals surface area contributed by atoms with Gasteiger partial charge in [-0.05, 0) is 43.9 Å². The number of aryl methyl sites for hydroxylation is 1. The molecule has 5 rings (SSSR count). The lowest BCUT2D eigenvalue weighted by Gasteiger charge is -2.51. The number of piperidine rings is 1. The first-order valence-electron chi connectivity index (χ1n) is 12.7. The van der Waals surface area contributed by atoms with Crippen LogP contribution in [0.15, 0.2) is 40.2 Å². The minimum Gasteiger partial charge on any atom is -0.508 e. The summed E-state index contributed by atoms with van der Waals surface area (Å²) in [5, 5.41) is 21.0. The number of benzene rings is 1. The number of phenols is 1. The highest BCUT2D eigenvalue weighted by molar-refractivity contribution is 5.82. The van der Waals surface area contributed by atoms with Crippen molar-refractivity contribution in [1.82, 2.24) is 23.6 Å². The molecule has 1 aromatic carbocycles. The average Bonchev–Trinajstić information content (AvgIpc) is 3.32. The molecule has 0 bridgehead atoms. The number of carbonyl (C=O) groups excluding carboxylic acids is 1. The van der Waals surface area contributed by atoms with Gasteiger partial charge in [0.05, 0.1) is 36.2 Å². The van der Waals surface area contributed by atoms with Crippen molar-refractivity contribution in [3.63, 3.8) is 0 Å². The fourth-order valence-electron chi connectivity index (χ4n) is 5.90. The summed E-state index contributed by atoms with van der Waals surface area (Å²) in [6.45, 7) is 2.79. The molecule has 12 heteroatoms. The van der Waals surface area contributed by atoms with Crippen molar-refractivity contribution in [2.24, 2.45) is 19.8 Å². The quantitative estimate of drug-likeness (QED) is 0.421. The number of ether oxygens (including phenoxy) is 1. The van der Waals surface area contributed by atoms with E-state index in [1.54, 1.807) is 47.7 Å². The average molecular weight is 527 g/mol. The van der Waals surface area contributed by atoms with Crippen LogP contribution in [0.25, 0.3) is 11.2 Å². The minimum absolute atomic E-state index is 0.139. The van der Waals surface area contributed by atoms with Gasteiger partial charge in [-0.15, -0.1) is 0 Å². The summed E-state index contributed by atoms with van der Waals surface area (Å²) in [7, 11) is 2.97. The van der Waals surface area contributed by atoms with Gasteiger partial charge in [-0.25, -0.2) is 9.78 Å². The normalized spacial score (nSPS) is 24.1. The monoisotopic (exact) mass is 526 g/mol. The molecule has 0 radical (unpaired) electrons. The number of hydrogen-bond donors (Lipinski definition) is 3. The number of nitrogens with zero attached hydrogens (tertiary/aromatic N) is 5. The Labute approximate surface area is 218 Å². The smallest absolute Gasteiger partial charge is 0.332 e. The van der Waals surface area contributed by atoms with Gasteiger partial charge in [-0.1, -0.05) is 12.1 Å². The number of aromatic nitrogens is 4. The number of hydrogen-bond acceptors (Lipinski definition) is 8. The lowest BCUT2D eigenvalue weighted by molar-refractivity contribution is -0.197. The van der Waals surface area contributed by atoms with Crippen LogP contribution in [0.1, 0.15) is 37.8 Å². The van der Waals surface area contributed by atoms with Crippen molar-refractivity contribution in [3.05, 3.63) is 57.0 Å². The first-order valence-corrected chi connectivity index (χ1v) is 12.7. The van der Waals surface area contributed by atoms with E-state index in [2.05, 4.69) is 4.98 Å². The second-order valence-electron chi connectivity index (χ2n) is 10.9. The van der Waals surface area contributed by atoms with E-state index in [1.807, 2.05) is 0 Å². The molecular weight excluding hydrogens is 492 g/mol. The number of amides is 1. The number of aromatic hydroxyl groups is 1. The molecule has 1 spiro atoms. The maximum Gasteiger partial charge on any atom is 0.332 e. The highest BCUT2D eigenvalue weighted by atomic mass is 16.5. The highest BCUT2D eigenvalue weighted by Crippen LogP contribution is 2.44. The topological polar surface area (TPSA) is 158 Å². The Bertz CT molecular complexity index is 1480. The van der Waals surface area contributed by atoms with Crippen molar-refractivity contribution in [3.8, 4) is 5.75 Å². The van der Waals surface area contributed by atoms with Crippen LogP contribution in [0.3, 0.4) is 0 Å². The summed E-state index contributed by atoms with van der Waals surface area (Å²) in [6.07, 6.45) is 3.27. The zero-order valence-electron chi connectivity index (χ0n) is 21.8. The number of nitrogens with two attached hydrogens (primary N) is 1. The van der Waals surface area contributed by atoms with Gasteiger partial charge in [0.15, 0.2) is 11.2 Å². The van der Waals surface area contributed by atoms with Crippen molar-refractivity contribution < 1.29 is 19.7 Å².